The van der Waals surface area contributed by atoms with Crippen LogP contribution in [0.1, 0.15) is 5.69 Å². The molecule has 0 spiro atoms. The molecule has 0 aliphatic heterocycles. The smallest absolute Gasteiger partial charge is 0.240 e. The highest BCUT2D eigenvalue weighted by Gasteiger charge is 2.14. The van der Waals surface area contributed by atoms with Gasteiger partial charge in [0.25, 0.3) is 0 Å². The lowest BCUT2D eigenvalue weighted by molar-refractivity contribution is 0.581. The highest BCUT2D eigenvalue weighted by atomic mass is 79.9. The Morgan fingerprint density at radius 3 is 2.84 bits per heavy atom. The molecule has 0 saturated heterocycles. The number of aromatic nitrogens is 1. The maximum atomic E-state index is 12.0. The second kappa shape index (κ2) is 6.32. The molecule has 1 aromatic carbocycles. The van der Waals surface area contributed by atoms with E-state index in [9.17, 15) is 8.42 Å². The first kappa shape index (κ1) is 14.9. The molecular formula is C11H10BrClN2O2S2. The molecule has 0 unspecified atom stereocenters. The van der Waals surface area contributed by atoms with Crippen LogP contribution >= 0.6 is 38.9 Å². The monoisotopic (exact) mass is 380 g/mol. The first-order valence-corrected chi connectivity index (χ1v) is 8.90. The number of benzene rings is 1. The number of thiazole rings is 1. The zero-order valence-electron chi connectivity index (χ0n) is 9.64. The van der Waals surface area contributed by atoms with E-state index in [0.717, 1.165) is 5.69 Å². The molecule has 0 fully saturated rings. The molecule has 0 aliphatic rings. The highest BCUT2D eigenvalue weighted by Crippen LogP contribution is 2.25. The molecule has 1 heterocycles. The van der Waals surface area contributed by atoms with E-state index in [1.54, 1.807) is 11.6 Å². The fraction of sp³-hybridized carbons (Fsp3) is 0.182. The van der Waals surface area contributed by atoms with E-state index in [0.29, 0.717) is 22.5 Å². The van der Waals surface area contributed by atoms with E-state index in [4.69, 9.17) is 11.6 Å². The third-order valence-corrected chi connectivity index (χ3v) is 5.67. The van der Waals surface area contributed by atoms with Crippen LogP contribution in [0.3, 0.4) is 0 Å². The normalized spacial score (nSPS) is 11.7. The van der Waals surface area contributed by atoms with Gasteiger partial charge in [0.05, 0.1) is 21.1 Å². The maximum absolute atomic E-state index is 12.0. The average molecular weight is 382 g/mol. The molecule has 4 nitrogen and oxygen atoms in total. The molecule has 0 amide bonds. The van der Waals surface area contributed by atoms with Gasteiger partial charge in [0.1, 0.15) is 0 Å². The van der Waals surface area contributed by atoms with E-state index in [2.05, 4.69) is 25.6 Å². The van der Waals surface area contributed by atoms with Gasteiger partial charge in [-0.05, 0) is 34.1 Å². The lowest BCUT2D eigenvalue weighted by atomic mass is 10.3. The Morgan fingerprint density at radius 2 is 2.21 bits per heavy atom. The van der Waals surface area contributed by atoms with Crippen LogP contribution in [0.5, 0.6) is 0 Å². The van der Waals surface area contributed by atoms with Gasteiger partial charge in [0.2, 0.25) is 10.0 Å². The summed E-state index contributed by atoms with van der Waals surface area (Å²) in [4.78, 5) is 4.28. The second-order valence-corrected chi connectivity index (χ2v) is 7.45. The van der Waals surface area contributed by atoms with E-state index in [1.165, 1.54) is 23.5 Å². The van der Waals surface area contributed by atoms with Crippen LogP contribution in [0.2, 0.25) is 5.02 Å². The molecule has 0 aliphatic carbocycles. The summed E-state index contributed by atoms with van der Waals surface area (Å²) in [6.45, 7) is 0.312. The summed E-state index contributed by atoms with van der Waals surface area (Å²) < 4.78 is 27.1. The van der Waals surface area contributed by atoms with Crippen LogP contribution in [-0.4, -0.2) is 19.9 Å². The number of hydrogen-bond acceptors (Lipinski definition) is 4. The summed E-state index contributed by atoms with van der Waals surface area (Å²) >= 11 is 10.5. The van der Waals surface area contributed by atoms with Gasteiger partial charge in [-0.15, -0.1) is 11.3 Å². The topological polar surface area (TPSA) is 59.1 Å². The standard InChI is InChI=1S/C11H10BrClN2O2S2/c12-10-5-9(1-2-11(10)13)19(16,17)15-4-3-8-6-18-7-14-8/h1-2,5-7,15H,3-4H2. The molecule has 8 heteroatoms. The number of nitrogens with zero attached hydrogens (tertiary/aromatic N) is 1. The molecule has 0 radical (unpaired) electrons. The van der Waals surface area contributed by atoms with Crippen molar-refractivity contribution in [2.45, 2.75) is 11.3 Å². The quantitative estimate of drug-likeness (QED) is 0.866. The van der Waals surface area contributed by atoms with Gasteiger partial charge >= 0.3 is 0 Å². The average Bonchev–Trinajstić information content (AvgIpc) is 2.85. The fourth-order valence-corrected chi connectivity index (χ4v) is 3.70. The van der Waals surface area contributed by atoms with Crippen molar-refractivity contribution in [1.29, 1.82) is 0 Å². The Morgan fingerprint density at radius 1 is 1.42 bits per heavy atom. The van der Waals surface area contributed by atoms with Gasteiger partial charge in [-0.3, -0.25) is 0 Å². The van der Waals surface area contributed by atoms with Gasteiger partial charge in [0.15, 0.2) is 0 Å². The lowest BCUT2D eigenvalue weighted by Crippen LogP contribution is -2.26. The minimum Gasteiger partial charge on any atom is -0.250 e. The van der Waals surface area contributed by atoms with Gasteiger partial charge < -0.3 is 0 Å². The molecule has 102 valence electrons. The van der Waals surface area contributed by atoms with E-state index in [-0.39, 0.29) is 4.90 Å². The SMILES string of the molecule is O=S(=O)(NCCc1cscn1)c1ccc(Cl)c(Br)c1. The van der Waals surface area contributed by atoms with Crippen LogP contribution < -0.4 is 4.72 Å². The number of nitrogens with one attached hydrogen (secondary N) is 1. The Labute approximate surface area is 129 Å². The minimum atomic E-state index is -3.52. The number of hydrogen-bond donors (Lipinski definition) is 1. The van der Waals surface area contributed by atoms with Crippen molar-refractivity contribution in [1.82, 2.24) is 9.71 Å². The van der Waals surface area contributed by atoms with Crippen molar-refractivity contribution < 1.29 is 8.42 Å². The van der Waals surface area contributed by atoms with Gasteiger partial charge in [0, 0.05) is 22.8 Å². The predicted octanol–water partition coefficient (Wildman–Crippen LogP) is 3.08. The molecule has 0 bridgehead atoms. The third kappa shape index (κ3) is 4.00. The summed E-state index contributed by atoms with van der Waals surface area (Å²) in [7, 11) is -3.52. The Kier molecular flexibility index (Phi) is 4.97. The second-order valence-electron chi connectivity index (χ2n) is 3.70. The minimum absolute atomic E-state index is 0.182. The van der Waals surface area contributed by atoms with Crippen LogP contribution in [0.4, 0.5) is 0 Å². The molecular weight excluding hydrogens is 372 g/mol. The largest absolute Gasteiger partial charge is 0.250 e. The van der Waals surface area contributed by atoms with Crippen LogP contribution in [0, 0.1) is 0 Å². The molecule has 2 rings (SSSR count). The molecule has 2 aromatic rings. The summed E-state index contributed by atoms with van der Waals surface area (Å²) in [6.07, 6.45) is 0.567. The maximum Gasteiger partial charge on any atom is 0.240 e. The zero-order valence-corrected chi connectivity index (χ0v) is 13.6. The van der Waals surface area contributed by atoms with Crippen molar-refractivity contribution in [3.05, 3.63) is 44.3 Å². The zero-order chi connectivity index (χ0) is 13.9. The van der Waals surface area contributed by atoms with Gasteiger partial charge in [-0.2, -0.15) is 0 Å². The summed E-state index contributed by atoms with van der Waals surface area (Å²) in [6, 6.07) is 4.49. The molecule has 0 atom stereocenters. The van der Waals surface area contributed by atoms with Crippen molar-refractivity contribution in [2.24, 2.45) is 0 Å². The van der Waals surface area contributed by atoms with Crippen molar-refractivity contribution in [3.8, 4) is 0 Å². The van der Waals surface area contributed by atoms with Crippen molar-refractivity contribution in [3.63, 3.8) is 0 Å². The van der Waals surface area contributed by atoms with E-state index in [1.807, 2.05) is 5.38 Å². The first-order valence-electron chi connectivity index (χ1n) is 5.31. The highest BCUT2D eigenvalue weighted by molar-refractivity contribution is 9.10. The molecule has 1 N–H and O–H groups in total. The van der Waals surface area contributed by atoms with Crippen LogP contribution in [0.15, 0.2) is 38.5 Å². The first-order chi connectivity index (χ1) is 8.99. The van der Waals surface area contributed by atoms with Crippen LogP contribution in [0.25, 0.3) is 0 Å². The lowest BCUT2D eigenvalue weighted by Gasteiger charge is -2.07. The summed E-state index contributed by atoms with van der Waals surface area (Å²) in [5.74, 6) is 0. The number of sulfonamides is 1. The summed E-state index contributed by atoms with van der Waals surface area (Å²) in [5, 5.41) is 2.37. The predicted molar refractivity (Wildman–Crippen MR) is 80.2 cm³/mol. The molecule has 1 aromatic heterocycles. The number of rotatable bonds is 5. The summed E-state index contributed by atoms with van der Waals surface area (Å²) in [5.41, 5.74) is 2.60. The van der Waals surface area contributed by atoms with Crippen molar-refractivity contribution >= 4 is 48.9 Å². The Bertz CT molecular complexity index is 659. The Hall–Kier alpha value is -0.470. The van der Waals surface area contributed by atoms with Crippen molar-refractivity contribution in [2.75, 3.05) is 6.54 Å². The fourth-order valence-electron chi connectivity index (χ4n) is 1.40. The van der Waals surface area contributed by atoms with Crippen LogP contribution in [-0.2, 0) is 16.4 Å². The van der Waals surface area contributed by atoms with E-state index < -0.39 is 10.0 Å². The third-order valence-electron chi connectivity index (χ3n) is 2.36. The van der Waals surface area contributed by atoms with Gasteiger partial charge in [-0.25, -0.2) is 18.1 Å². The Balaban J connectivity index is 2.03. The molecule has 0 saturated carbocycles. The number of halogens is 2. The van der Waals surface area contributed by atoms with E-state index >= 15 is 0 Å². The van der Waals surface area contributed by atoms with Gasteiger partial charge in [-0.1, -0.05) is 11.6 Å². The molecule has 19 heavy (non-hydrogen) atoms.